The lowest BCUT2D eigenvalue weighted by molar-refractivity contribution is -0.158. The summed E-state index contributed by atoms with van der Waals surface area (Å²) < 4.78 is 5.85. The van der Waals surface area contributed by atoms with Gasteiger partial charge in [0.2, 0.25) is 0 Å². The molecule has 0 saturated heterocycles. The Balaban J connectivity index is 1.60. The minimum atomic E-state index is -0.0523. The maximum absolute atomic E-state index is 11.9. The molecule has 3 saturated carbocycles. The highest BCUT2D eigenvalue weighted by molar-refractivity contribution is 6.01. The molecular weight excluding hydrogens is 312 g/mol. The SMILES string of the molecule is CCC(=O)O[C@@H]1CC[C@H]2[C@@H]3CCC4=CC(=O)C=C[C@]4(C)[C@H]3CC[C@]12C. The van der Waals surface area contributed by atoms with Crippen LogP contribution in [0, 0.1) is 28.6 Å². The molecule has 0 aromatic heterocycles. The standard InChI is InChI=1S/C22H30O3/c1-4-20(24)25-19-8-7-17-16-6-5-14-13-15(23)9-11-21(14,2)18(16)10-12-22(17,19)3/h9,11,13,16-19H,4-8,10,12H2,1-3H3/t16-,17-,18-,19+,21-,22-/m0/s1. The zero-order valence-corrected chi connectivity index (χ0v) is 15.7. The van der Waals surface area contributed by atoms with E-state index in [1.54, 1.807) is 6.08 Å². The molecule has 6 atom stereocenters. The van der Waals surface area contributed by atoms with Crippen LogP contribution in [0.2, 0.25) is 0 Å². The smallest absolute Gasteiger partial charge is 0.305 e. The summed E-state index contributed by atoms with van der Waals surface area (Å²) in [6.45, 7) is 6.58. The van der Waals surface area contributed by atoms with Gasteiger partial charge >= 0.3 is 5.97 Å². The fourth-order valence-corrected chi connectivity index (χ4v) is 6.59. The largest absolute Gasteiger partial charge is 0.462 e. The first kappa shape index (κ1) is 17.1. The van der Waals surface area contributed by atoms with Crippen LogP contribution < -0.4 is 0 Å². The van der Waals surface area contributed by atoms with Gasteiger partial charge in [-0.05, 0) is 68.4 Å². The molecular formula is C22H30O3. The van der Waals surface area contributed by atoms with Crippen molar-refractivity contribution in [1.82, 2.24) is 0 Å². The van der Waals surface area contributed by atoms with Crippen molar-refractivity contribution in [3.8, 4) is 0 Å². The van der Waals surface area contributed by atoms with Gasteiger partial charge in [-0.15, -0.1) is 0 Å². The van der Waals surface area contributed by atoms with Crippen LogP contribution in [0.3, 0.4) is 0 Å². The summed E-state index contributed by atoms with van der Waals surface area (Å²) in [6.07, 6.45) is 13.1. The number of fused-ring (bicyclic) bond motifs is 5. The first-order valence-corrected chi connectivity index (χ1v) is 10.0. The number of esters is 1. The monoisotopic (exact) mass is 342 g/mol. The van der Waals surface area contributed by atoms with Crippen molar-refractivity contribution >= 4 is 11.8 Å². The van der Waals surface area contributed by atoms with Gasteiger partial charge in [-0.1, -0.05) is 32.4 Å². The highest BCUT2D eigenvalue weighted by atomic mass is 16.5. The maximum Gasteiger partial charge on any atom is 0.305 e. The molecule has 0 N–H and O–H groups in total. The fourth-order valence-electron chi connectivity index (χ4n) is 6.59. The van der Waals surface area contributed by atoms with Crippen molar-refractivity contribution < 1.29 is 14.3 Å². The van der Waals surface area contributed by atoms with E-state index in [0.717, 1.165) is 19.3 Å². The lowest BCUT2D eigenvalue weighted by Crippen LogP contribution is -2.51. The summed E-state index contributed by atoms with van der Waals surface area (Å²) in [6, 6.07) is 0. The maximum atomic E-state index is 11.9. The summed E-state index contributed by atoms with van der Waals surface area (Å²) in [5.74, 6) is 2.05. The molecule has 4 rings (SSSR count). The van der Waals surface area contributed by atoms with Crippen LogP contribution >= 0.6 is 0 Å². The second-order valence-electron chi connectivity index (χ2n) is 9.06. The van der Waals surface area contributed by atoms with Gasteiger partial charge in [0.15, 0.2) is 5.78 Å². The molecule has 0 amide bonds. The van der Waals surface area contributed by atoms with Gasteiger partial charge in [-0.2, -0.15) is 0 Å². The molecule has 3 heteroatoms. The Bertz CT molecular complexity index is 660. The lowest BCUT2D eigenvalue weighted by Gasteiger charge is -2.56. The van der Waals surface area contributed by atoms with E-state index in [2.05, 4.69) is 19.9 Å². The highest BCUT2D eigenvalue weighted by Crippen LogP contribution is 2.64. The zero-order chi connectivity index (χ0) is 17.8. The average molecular weight is 342 g/mol. The van der Waals surface area contributed by atoms with Crippen LogP contribution in [-0.4, -0.2) is 17.9 Å². The third kappa shape index (κ3) is 2.45. The Morgan fingerprint density at radius 2 is 2.00 bits per heavy atom. The quantitative estimate of drug-likeness (QED) is 0.688. The predicted molar refractivity (Wildman–Crippen MR) is 96.8 cm³/mol. The highest BCUT2D eigenvalue weighted by Gasteiger charge is 2.59. The van der Waals surface area contributed by atoms with E-state index in [4.69, 9.17) is 4.74 Å². The van der Waals surface area contributed by atoms with Crippen LogP contribution in [0.5, 0.6) is 0 Å². The van der Waals surface area contributed by atoms with Crippen molar-refractivity contribution in [3.05, 3.63) is 23.8 Å². The predicted octanol–water partition coefficient (Wildman–Crippen LogP) is 4.62. The molecule has 25 heavy (non-hydrogen) atoms. The van der Waals surface area contributed by atoms with Gasteiger partial charge in [-0.3, -0.25) is 9.59 Å². The minimum absolute atomic E-state index is 0.0519. The number of ether oxygens (including phenoxy) is 1. The third-order valence-electron chi connectivity index (χ3n) is 8.03. The van der Waals surface area contributed by atoms with Crippen LogP contribution in [-0.2, 0) is 14.3 Å². The van der Waals surface area contributed by atoms with E-state index in [1.165, 1.54) is 24.8 Å². The molecule has 3 fully saturated rings. The molecule has 3 nitrogen and oxygen atoms in total. The molecule has 0 aromatic carbocycles. The van der Waals surface area contributed by atoms with Gasteiger partial charge in [-0.25, -0.2) is 0 Å². The Labute approximate surface area is 150 Å². The van der Waals surface area contributed by atoms with E-state index in [1.807, 2.05) is 13.0 Å². The lowest BCUT2D eigenvalue weighted by atomic mass is 9.48. The number of hydrogen-bond donors (Lipinski definition) is 0. The van der Waals surface area contributed by atoms with Gasteiger partial charge in [0.05, 0.1) is 0 Å². The van der Waals surface area contributed by atoms with E-state index >= 15 is 0 Å². The Morgan fingerprint density at radius 1 is 1.20 bits per heavy atom. The number of ketones is 1. The number of carbonyl (C=O) groups is 2. The first-order chi connectivity index (χ1) is 11.9. The topological polar surface area (TPSA) is 43.4 Å². The van der Waals surface area contributed by atoms with Gasteiger partial charge in [0.1, 0.15) is 6.10 Å². The van der Waals surface area contributed by atoms with Gasteiger partial charge < -0.3 is 4.74 Å². The van der Waals surface area contributed by atoms with Crippen LogP contribution in [0.1, 0.15) is 65.7 Å². The normalized spacial score (nSPS) is 45.2. The molecule has 4 aliphatic rings. The Kier molecular flexibility index (Phi) is 3.97. The van der Waals surface area contributed by atoms with Crippen LogP contribution in [0.25, 0.3) is 0 Å². The van der Waals surface area contributed by atoms with Crippen LogP contribution in [0.4, 0.5) is 0 Å². The molecule has 0 heterocycles. The van der Waals surface area contributed by atoms with Crippen molar-refractivity contribution in [2.24, 2.45) is 28.6 Å². The van der Waals surface area contributed by atoms with Crippen molar-refractivity contribution in [3.63, 3.8) is 0 Å². The average Bonchev–Trinajstić information content (AvgIpc) is 2.92. The molecule has 136 valence electrons. The van der Waals surface area contributed by atoms with Crippen LogP contribution in [0.15, 0.2) is 23.8 Å². The van der Waals surface area contributed by atoms with E-state index in [-0.39, 0.29) is 28.7 Å². The number of carbonyl (C=O) groups excluding carboxylic acids is 2. The summed E-state index contributed by atoms with van der Waals surface area (Å²) in [5.41, 5.74) is 1.53. The molecule has 0 unspecified atom stereocenters. The third-order valence-corrected chi connectivity index (χ3v) is 8.03. The van der Waals surface area contributed by atoms with Crippen molar-refractivity contribution in [1.29, 1.82) is 0 Å². The van der Waals surface area contributed by atoms with Gasteiger partial charge in [0, 0.05) is 17.3 Å². The molecule has 0 radical (unpaired) electrons. The van der Waals surface area contributed by atoms with Crippen molar-refractivity contribution in [2.75, 3.05) is 0 Å². The van der Waals surface area contributed by atoms with Crippen molar-refractivity contribution in [2.45, 2.75) is 71.8 Å². The Hall–Kier alpha value is -1.38. The Morgan fingerprint density at radius 3 is 2.76 bits per heavy atom. The number of hydrogen-bond acceptors (Lipinski definition) is 3. The summed E-state index contributed by atoms with van der Waals surface area (Å²) in [4.78, 5) is 23.7. The second-order valence-corrected chi connectivity index (χ2v) is 9.06. The van der Waals surface area contributed by atoms with Gasteiger partial charge in [0.25, 0.3) is 0 Å². The van der Waals surface area contributed by atoms with E-state index in [9.17, 15) is 9.59 Å². The summed E-state index contributed by atoms with van der Waals surface area (Å²) in [7, 11) is 0. The zero-order valence-electron chi connectivity index (χ0n) is 15.7. The summed E-state index contributed by atoms with van der Waals surface area (Å²) >= 11 is 0. The second kappa shape index (κ2) is 5.82. The molecule has 0 aromatic rings. The minimum Gasteiger partial charge on any atom is -0.462 e. The van der Waals surface area contributed by atoms with E-state index < -0.39 is 0 Å². The summed E-state index contributed by atoms with van der Waals surface area (Å²) in [5, 5.41) is 0. The van der Waals surface area contributed by atoms with E-state index in [0.29, 0.717) is 24.2 Å². The number of allylic oxidation sites excluding steroid dienone is 4. The number of rotatable bonds is 2. The first-order valence-electron chi connectivity index (χ1n) is 10.0. The molecule has 0 aliphatic heterocycles. The molecule has 0 bridgehead atoms. The fraction of sp³-hybridized carbons (Fsp3) is 0.727. The molecule has 4 aliphatic carbocycles. The molecule has 0 spiro atoms.